The number of nitrogens with zero attached hydrogens (tertiary/aromatic N) is 2. The van der Waals surface area contributed by atoms with E-state index in [0.29, 0.717) is 5.92 Å². The largest absolute Gasteiger partial charge is 0.369 e. The molecule has 3 heteroatoms. The molecule has 3 nitrogen and oxygen atoms in total. The topological polar surface area (TPSA) is 31.9 Å². The van der Waals surface area contributed by atoms with Crippen LogP contribution in [0.2, 0.25) is 0 Å². The Hall–Kier alpha value is -1.77. The summed E-state index contributed by atoms with van der Waals surface area (Å²) < 4.78 is 0. The fourth-order valence-electron chi connectivity index (χ4n) is 2.65. The number of aromatic nitrogens is 2. The maximum Gasteiger partial charge on any atom is 0.0721 e. The summed E-state index contributed by atoms with van der Waals surface area (Å²) in [6.45, 7) is 9.42. The zero-order valence-electron chi connectivity index (χ0n) is 12.5. The molecule has 0 unspecified atom stereocenters. The average Bonchev–Trinajstić information content (AvgIpc) is 2.88. The zero-order chi connectivity index (χ0) is 14.0. The highest BCUT2D eigenvalue weighted by molar-refractivity contribution is 5.83. The predicted octanol–water partition coefficient (Wildman–Crippen LogP) is 4.18. The molecular weight excluding hydrogens is 234 g/mol. The molecule has 3 rings (SSSR count). The van der Waals surface area contributed by atoms with E-state index in [4.69, 9.17) is 0 Å². The summed E-state index contributed by atoms with van der Waals surface area (Å²) in [4.78, 5) is 2.32. The van der Waals surface area contributed by atoms with E-state index in [9.17, 15) is 0 Å². The van der Waals surface area contributed by atoms with E-state index in [1.54, 1.807) is 0 Å². The number of benzene rings is 1. The Kier molecular flexibility index (Phi) is 3.93. The van der Waals surface area contributed by atoms with E-state index in [2.05, 4.69) is 54.2 Å². The lowest BCUT2D eigenvalue weighted by Gasteiger charge is -2.30. The lowest BCUT2D eigenvalue weighted by Crippen LogP contribution is -2.22. The van der Waals surface area contributed by atoms with Gasteiger partial charge >= 0.3 is 0 Å². The predicted molar refractivity (Wildman–Crippen MR) is 81.6 cm³/mol. The number of hydrogen-bond acceptors (Lipinski definition) is 2. The van der Waals surface area contributed by atoms with Crippen molar-refractivity contribution >= 4 is 5.69 Å². The molecule has 0 fully saturated rings. The lowest BCUT2D eigenvalue weighted by atomic mass is 9.92. The van der Waals surface area contributed by atoms with Gasteiger partial charge in [-0.3, -0.25) is 5.10 Å². The summed E-state index contributed by atoms with van der Waals surface area (Å²) in [5.74, 6) is 0.539. The minimum Gasteiger partial charge on any atom is -0.369 e. The maximum atomic E-state index is 4.16. The molecule has 102 valence electrons. The van der Waals surface area contributed by atoms with Gasteiger partial charge < -0.3 is 4.90 Å². The Morgan fingerprint density at radius 2 is 2.00 bits per heavy atom. The van der Waals surface area contributed by atoms with Gasteiger partial charge in [0.05, 0.1) is 11.9 Å². The summed E-state index contributed by atoms with van der Waals surface area (Å²) >= 11 is 0. The van der Waals surface area contributed by atoms with Crippen LogP contribution in [-0.4, -0.2) is 17.2 Å². The third kappa shape index (κ3) is 2.25. The first-order valence-corrected chi connectivity index (χ1v) is 7.05. The number of aromatic amines is 1. The number of anilines is 1. The van der Waals surface area contributed by atoms with Gasteiger partial charge in [-0.2, -0.15) is 5.10 Å². The Morgan fingerprint density at radius 1 is 1.26 bits per heavy atom. The van der Waals surface area contributed by atoms with Crippen molar-refractivity contribution in [3.8, 4) is 11.3 Å². The quantitative estimate of drug-likeness (QED) is 0.831. The van der Waals surface area contributed by atoms with Gasteiger partial charge in [-0.25, -0.2) is 0 Å². The molecule has 1 N–H and O–H groups in total. The first-order valence-electron chi connectivity index (χ1n) is 7.05. The smallest absolute Gasteiger partial charge is 0.0721 e. The standard InChI is InChI=1S/C14H17N3.C2H6/c1-9(2)11-5-4-6-12-13-10(7-15-16-13)8-17(3)14(11)12;1-2/h4-7,9H,8H2,1-3H3,(H,15,16);1-2H3. The average molecular weight is 257 g/mol. The first-order chi connectivity index (χ1) is 9.18. The number of nitrogens with one attached hydrogen (secondary N) is 1. The molecule has 0 saturated carbocycles. The SMILES string of the molecule is CC.CC(C)c1cccc2c1N(C)Cc1cn[nH]c1-2. The molecule has 2 heterocycles. The van der Waals surface area contributed by atoms with Crippen LogP contribution in [0.25, 0.3) is 11.3 Å². The molecule has 0 amide bonds. The van der Waals surface area contributed by atoms with Crippen molar-refractivity contribution in [2.75, 3.05) is 11.9 Å². The Labute approximate surface area is 115 Å². The van der Waals surface area contributed by atoms with E-state index in [1.807, 2.05) is 20.0 Å². The molecule has 0 spiro atoms. The molecule has 2 aromatic rings. The van der Waals surface area contributed by atoms with Crippen LogP contribution in [0, 0.1) is 0 Å². The van der Waals surface area contributed by atoms with Gasteiger partial charge in [0.25, 0.3) is 0 Å². The van der Waals surface area contributed by atoms with E-state index in [0.717, 1.165) is 6.54 Å². The van der Waals surface area contributed by atoms with Crippen molar-refractivity contribution in [3.05, 3.63) is 35.5 Å². The number of H-pyrrole nitrogens is 1. The minimum absolute atomic E-state index is 0.539. The van der Waals surface area contributed by atoms with E-state index < -0.39 is 0 Å². The number of hydrogen-bond donors (Lipinski definition) is 1. The third-order valence-electron chi connectivity index (χ3n) is 3.47. The van der Waals surface area contributed by atoms with Gasteiger partial charge in [0.15, 0.2) is 0 Å². The van der Waals surface area contributed by atoms with Crippen LogP contribution in [0.15, 0.2) is 24.4 Å². The Morgan fingerprint density at radius 3 is 2.68 bits per heavy atom. The number of para-hydroxylation sites is 1. The molecule has 1 aliphatic heterocycles. The molecule has 0 radical (unpaired) electrons. The monoisotopic (exact) mass is 257 g/mol. The van der Waals surface area contributed by atoms with E-state index in [1.165, 1.54) is 28.1 Å². The summed E-state index contributed by atoms with van der Waals surface area (Å²) in [5.41, 5.74) is 6.49. The molecule has 0 bridgehead atoms. The molecule has 0 saturated heterocycles. The molecule has 0 atom stereocenters. The van der Waals surface area contributed by atoms with Gasteiger partial charge in [0.1, 0.15) is 0 Å². The van der Waals surface area contributed by atoms with Crippen LogP contribution in [0.3, 0.4) is 0 Å². The normalized spacial score (nSPS) is 12.6. The molecule has 0 aliphatic carbocycles. The van der Waals surface area contributed by atoms with E-state index in [-0.39, 0.29) is 0 Å². The molecule has 1 aromatic carbocycles. The summed E-state index contributed by atoms with van der Waals surface area (Å²) in [7, 11) is 2.15. The fraction of sp³-hybridized carbons (Fsp3) is 0.438. The molecule has 1 aliphatic rings. The number of rotatable bonds is 1. The second-order valence-corrected chi connectivity index (χ2v) is 5.02. The molecule has 1 aromatic heterocycles. The van der Waals surface area contributed by atoms with Crippen LogP contribution in [-0.2, 0) is 6.54 Å². The Balaban J connectivity index is 0.000000637. The van der Waals surface area contributed by atoms with Crippen molar-refractivity contribution < 1.29 is 0 Å². The summed E-state index contributed by atoms with van der Waals surface area (Å²) in [5, 5.41) is 7.28. The van der Waals surface area contributed by atoms with Crippen molar-refractivity contribution in [1.29, 1.82) is 0 Å². The first kappa shape index (κ1) is 13.7. The highest BCUT2D eigenvalue weighted by atomic mass is 15.2. The second kappa shape index (κ2) is 5.47. The van der Waals surface area contributed by atoms with Crippen molar-refractivity contribution in [2.45, 2.75) is 40.2 Å². The second-order valence-electron chi connectivity index (χ2n) is 5.02. The highest BCUT2D eigenvalue weighted by Crippen LogP contribution is 2.41. The van der Waals surface area contributed by atoms with Crippen LogP contribution in [0.4, 0.5) is 5.69 Å². The minimum atomic E-state index is 0.539. The highest BCUT2D eigenvalue weighted by Gasteiger charge is 2.24. The van der Waals surface area contributed by atoms with Gasteiger partial charge in [-0.15, -0.1) is 0 Å². The molecular formula is C16H23N3. The van der Waals surface area contributed by atoms with Crippen LogP contribution >= 0.6 is 0 Å². The Bertz CT molecular complexity index is 555. The van der Waals surface area contributed by atoms with Gasteiger partial charge in [-0.1, -0.05) is 45.9 Å². The van der Waals surface area contributed by atoms with Gasteiger partial charge in [-0.05, 0) is 11.5 Å². The van der Waals surface area contributed by atoms with Crippen LogP contribution < -0.4 is 4.90 Å². The molecule has 19 heavy (non-hydrogen) atoms. The lowest BCUT2D eigenvalue weighted by molar-refractivity contribution is 0.832. The van der Waals surface area contributed by atoms with Crippen molar-refractivity contribution in [2.24, 2.45) is 0 Å². The third-order valence-corrected chi connectivity index (χ3v) is 3.47. The van der Waals surface area contributed by atoms with Gasteiger partial charge in [0, 0.05) is 30.4 Å². The zero-order valence-corrected chi connectivity index (χ0v) is 12.5. The van der Waals surface area contributed by atoms with Crippen LogP contribution in [0.1, 0.15) is 44.7 Å². The van der Waals surface area contributed by atoms with E-state index >= 15 is 0 Å². The summed E-state index contributed by atoms with van der Waals surface area (Å²) in [6.07, 6.45) is 1.93. The summed E-state index contributed by atoms with van der Waals surface area (Å²) in [6, 6.07) is 6.53. The fourth-order valence-corrected chi connectivity index (χ4v) is 2.65. The maximum absolute atomic E-state index is 4.16. The van der Waals surface area contributed by atoms with Crippen molar-refractivity contribution in [3.63, 3.8) is 0 Å². The van der Waals surface area contributed by atoms with Gasteiger partial charge in [0.2, 0.25) is 0 Å². The number of fused-ring (bicyclic) bond motifs is 3. The van der Waals surface area contributed by atoms with Crippen LogP contribution in [0.5, 0.6) is 0 Å². The van der Waals surface area contributed by atoms with Crippen molar-refractivity contribution in [1.82, 2.24) is 10.2 Å².